The van der Waals surface area contributed by atoms with Crippen LogP contribution < -0.4 is 10.1 Å². The number of amides is 1. The standard InChI is InChI=1S/C14H10ClN3O2S/c1-20-9-4-2-8(3-5-9)14(19)16-12-10(15)6-7-11-13(12)18-21-17-11/h2-7H,1H3,(H,16,19). The van der Waals surface area contributed by atoms with Crippen molar-refractivity contribution in [1.29, 1.82) is 0 Å². The SMILES string of the molecule is COc1ccc(C(=O)Nc2c(Cl)ccc3nsnc23)cc1. The molecule has 0 unspecified atom stereocenters. The molecule has 0 saturated heterocycles. The number of nitrogens with zero attached hydrogens (tertiary/aromatic N) is 2. The molecule has 1 aromatic heterocycles. The van der Waals surface area contributed by atoms with Gasteiger partial charge in [0.2, 0.25) is 0 Å². The maximum Gasteiger partial charge on any atom is 0.255 e. The highest BCUT2D eigenvalue weighted by Crippen LogP contribution is 2.30. The quantitative estimate of drug-likeness (QED) is 0.801. The number of aromatic nitrogens is 2. The van der Waals surface area contributed by atoms with Crippen LogP contribution in [-0.2, 0) is 0 Å². The largest absolute Gasteiger partial charge is 0.497 e. The Labute approximate surface area is 129 Å². The number of ether oxygens (including phenoxy) is 1. The summed E-state index contributed by atoms with van der Waals surface area (Å²) in [7, 11) is 1.57. The molecule has 0 aliphatic heterocycles. The summed E-state index contributed by atoms with van der Waals surface area (Å²) in [4.78, 5) is 12.3. The molecule has 1 amide bonds. The Kier molecular flexibility index (Phi) is 3.72. The Morgan fingerprint density at radius 1 is 1.19 bits per heavy atom. The van der Waals surface area contributed by atoms with Crippen molar-refractivity contribution in [2.45, 2.75) is 0 Å². The summed E-state index contributed by atoms with van der Waals surface area (Å²) in [5.74, 6) is 0.426. The van der Waals surface area contributed by atoms with E-state index in [2.05, 4.69) is 14.1 Å². The fourth-order valence-corrected chi connectivity index (χ4v) is 2.62. The van der Waals surface area contributed by atoms with E-state index in [0.717, 1.165) is 11.7 Å². The lowest BCUT2D eigenvalue weighted by Gasteiger charge is -2.08. The van der Waals surface area contributed by atoms with E-state index in [4.69, 9.17) is 16.3 Å². The molecule has 0 fully saturated rings. The molecule has 3 rings (SSSR count). The number of carbonyl (C=O) groups excluding carboxylic acids is 1. The van der Waals surface area contributed by atoms with Crippen molar-refractivity contribution >= 4 is 46.0 Å². The number of halogens is 1. The number of hydrogen-bond donors (Lipinski definition) is 1. The lowest BCUT2D eigenvalue weighted by atomic mass is 10.2. The van der Waals surface area contributed by atoms with Gasteiger partial charge in [-0.1, -0.05) is 11.6 Å². The van der Waals surface area contributed by atoms with Gasteiger partial charge in [0.1, 0.15) is 16.8 Å². The van der Waals surface area contributed by atoms with Gasteiger partial charge in [0.15, 0.2) is 0 Å². The van der Waals surface area contributed by atoms with Gasteiger partial charge in [-0.2, -0.15) is 8.75 Å². The Balaban J connectivity index is 1.92. The van der Waals surface area contributed by atoms with Crippen molar-refractivity contribution in [3.8, 4) is 5.75 Å². The Morgan fingerprint density at radius 3 is 2.67 bits per heavy atom. The number of benzene rings is 2. The number of nitrogens with one attached hydrogen (secondary N) is 1. The van der Waals surface area contributed by atoms with Crippen molar-refractivity contribution in [2.75, 3.05) is 12.4 Å². The average molecular weight is 320 g/mol. The van der Waals surface area contributed by atoms with Gasteiger partial charge in [-0.15, -0.1) is 0 Å². The van der Waals surface area contributed by atoms with Crippen molar-refractivity contribution in [2.24, 2.45) is 0 Å². The monoisotopic (exact) mass is 319 g/mol. The van der Waals surface area contributed by atoms with E-state index in [-0.39, 0.29) is 5.91 Å². The zero-order valence-corrected chi connectivity index (χ0v) is 12.5. The third kappa shape index (κ3) is 2.68. The van der Waals surface area contributed by atoms with Gasteiger partial charge in [-0.05, 0) is 36.4 Å². The minimum absolute atomic E-state index is 0.264. The summed E-state index contributed by atoms with van der Waals surface area (Å²) in [6, 6.07) is 10.3. The highest BCUT2D eigenvalue weighted by atomic mass is 35.5. The van der Waals surface area contributed by atoms with Crippen LogP contribution in [0, 0.1) is 0 Å². The molecule has 0 atom stereocenters. The van der Waals surface area contributed by atoms with E-state index < -0.39 is 0 Å². The van der Waals surface area contributed by atoms with Crippen LogP contribution in [0.4, 0.5) is 5.69 Å². The van der Waals surface area contributed by atoms with Gasteiger partial charge in [-0.25, -0.2) is 0 Å². The number of methoxy groups -OCH3 is 1. The third-order valence-corrected chi connectivity index (χ3v) is 3.83. The normalized spacial score (nSPS) is 10.6. The second kappa shape index (κ2) is 5.67. The van der Waals surface area contributed by atoms with E-state index in [1.807, 2.05) is 0 Å². The molecular weight excluding hydrogens is 310 g/mol. The van der Waals surface area contributed by atoms with E-state index in [9.17, 15) is 4.79 Å². The zero-order valence-electron chi connectivity index (χ0n) is 11.0. The van der Waals surface area contributed by atoms with Crippen molar-refractivity contribution in [3.05, 3.63) is 47.0 Å². The Bertz CT molecular complexity index is 802. The highest BCUT2D eigenvalue weighted by molar-refractivity contribution is 7.00. The van der Waals surface area contributed by atoms with E-state index in [1.54, 1.807) is 43.5 Å². The molecule has 1 N–H and O–H groups in total. The summed E-state index contributed by atoms with van der Waals surface area (Å²) >= 11 is 7.22. The molecular formula is C14H10ClN3O2S. The summed E-state index contributed by atoms with van der Waals surface area (Å²) in [5, 5.41) is 3.21. The summed E-state index contributed by atoms with van der Waals surface area (Å²) < 4.78 is 13.4. The van der Waals surface area contributed by atoms with Gasteiger partial charge in [0.25, 0.3) is 5.91 Å². The fourth-order valence-electron chi connectivity index (χ4n) is 1.87. The first kappa shape index (κ1) is 13.8. The molecule has 106 valence electrons. The third-order valence-electron chi connectivity index (χ3n) is 2.97. The zero-order chi connectivity index (χ0) is 14.8. The molecule has 5 nitrogen and oxygen atoms in total. The Hall–Kier alpha value is -2.18. The minimum atomic E-state index is -0.264. The van der Waals surface area contributed by atoms with Crippen molar-refractivity contribution in [1.82, 2.24) is 8.75 Å². The smallest absolute Gasteiger partial charge is 0.255 e. The first-order valence-electron chi connectivity index (χ1n) is 6.05. The molecule has 7 heteroatoms. The number of anilines is 1. The van der Waals surface area contributed by atoms with Crippen LogP contribution >= 0.6 is 23.3 Å². The molecule has 2 aromatic carbocycles. The van der Waals surface area contributed by atoms with Crippen LogP contribution in [0.5, 0.6) is 5.75 Å². The number of rotatable bonds is 3. The van der Waals surface area contributed by atoms with Crippen molar-refractivity contribution < 1.29 is 9.53 Å². The Morgan fingerprint density at radius 2 is 1.95 bits per heavy atom. The van der Waals surface area contributed by atoms with Gasteiger partial charge >= 0.3 is 0 Å². The molecule has 0 spiro atoms. The summed E-state index contributed by atoms with van der Waals surface area (Å²) in [5.41, 5.74) is 2.28. The van der Waals surface area contributed by atoms with Crippen LogP contribution in [0.15, 0.2) is 36.4 Å². The second-order valence-electron chi connectivity index (χ2n) is 4.24. The highest BCUT2D eigenvalue weighted by Gasteiger charge is 2.14. The maximum atomic E-state index is 12.3. The second-order valence-corrected chi connectivity index (χ2v) is 5.17. The topological polar surface area (TPSA) is 64.1 Å². The van der Waals surface area contributed by atoms with Gasteiger partial charge in [0, 0.05) is 5.56 Å². The predicted octanol–water partition coefficient (Wildman–Crippen LogP) is 3.61. The predicted molar refractivity (Wildman–Crippen MR) is 83.4 cm³/mol. The van der Waals surface area contributed by atoms with Crippen LogP contribution in [0.1, 0.15) is 10.4 Å². The van der Waals surface area contributed by atoms with Gasteiger partial charge in [-0.3, -0.25) is 4.79 Å². The molecule has 0 radical (unpaired) electrons. The first-order chi connectivity index (χ1) is 10.2. The van der Waals surface area contributed by atoms with Crippen molar-refractivity contribution in [3.63, 3.8) is 0 Å². The lowest BCUT2D eigenvalue weighted by Crippen LogP contribution is -2.12. The number of carbonyl (C=O) groups is 1. The van der Waals surface area contributed by atoms with Crippen LogP contribution in [0.25, 0.3) is 11.0 Å². The molecule has 3 aromatic rings. The van der Waals surface area contributed by atoms with Crippen LogP contribution in [0.2, 0.25) is 5.02 Å². The molecule has 1 heterocycles. The molecule has 0 aliphatic carbocycles. The average Bonchev–Trinajstić information content (AvgIpc) is 2.99. The summed E-state index contributed by atoms with van der Waals surface area (Å²) in [6.07, 6.45) is 0. The van der Waals surface area contributed by atoms with E-state index in [1.165, 1.54) is 0 Å². The lowest BCUT2D eigenvalue weighted by molar-refractivity contribution is 0.102. The number of hydrogen-bond acceptors (Lipinski definition) is 5. The first-order valence-corrected chi connectivity index (χ1v) is 7.16. The molecule has 21 heavy (non-hydrogen) atoms. The van der Waals surface area contributed by atoms with Gasteiger partial charge < -0.3 is 10.1 Å². The minimum Gasteiger partial charge on any atom is -0.497 e. The van der Waals surface area contributed by atoms with Crippen LogP contribution in [-0.4, -0.2) is 21.8 Å². The molecule has 0 aliphatic rings. The van der Waals surface area contributed by atoms with Crippen LogP contribution in [0.3, 0.4) is 0 Å². The van der Waals surface area contributed by atoms with E-state index in [0.29, 0.717) is 33.1 Å². The molecule has 0 bridgehead atoms. The van der Waals surface area contributed by atoms with E-state index >= 15 is 0 Å². The van der Waals surface area contributed by atoms with Gasteiger partial charge in [0.05, 0.1) is 29.5 Å². The maximum absolute atomic E-state index is 12.3. The summed E-state index contributed by atoms with van der Waals surface area (Å²) in [6.45, 7) is 0. The number of fused-ring (bicyclic) bond motifs is 1. The molecule has 0 saturated carbocycles. The fraction of sp³-hybridized carbons (Fsp3) is 0.0714.